The average Bonchev–Trinajstić information content (AvgIpc) is 1.82. The summed E-state index contributed by atoms with van der Waals surface area (Å²) in [6.45, 7) is 9.68. The molecule has 0 aliphatic heterocycles. The minimum atomic E-state index is -2.42. The first-order valence-electron chi connectivity index (χ1n) is 4.41. The van der Waals surface area contributed by atoms with E-state index in [9.17, 15) is 0 Å². The molecule has 0 aliphatic rings. The van der Waals surface area contributed by atoms with Gasteiger partial charge in [0.15, 0.2) is 4.46 Å². The maximum absolute atomic E-state index is 5.85. The zero-order chi connectivity index (χ0) is 10.6. The van der Waals surface area contributed by atoms with Crippen molar-refractivity contribution >= 4 is 31.8 Å². The van der Waals surface area contributed by atoms with Crippen LogP contribution in [0.3, 0.4) is 0 Å². The fourth-order valence-electron chi connectivity index (χ4n) is 1.07. The lowest BCUT2D eigenvalue weighted by Crippen LogP contribution is -2.49. The summed E-state index contributed by atoms with van der Waals surface area (Å²) in [6, 6.07) is 0. The molecule has 80 valence electrons. The molecular weight excluding hydrogens is 227 g/mol. The van der Waals surface area contributed by atoms with Gasteiger partial charge in [0.1, 0.15) is 0 Å². The highest BCUT2D eigenvalue weighted by Gasteiger charge is 2.41. The van der Waals surface area contributed by atoms with Crippen molar-refractivity contribution in [3.05, 3.63) is 0 Å². The SMILES string of the molecule is CC(C)O[Si](C)(OC(C)C)C(Cl)Cl. The van der Waals surface area contributed by atoms with Gasteiger partial charge < -0.3 is 8.85 Å². The molecule has 0 bridgehead atoms. The monoisotopic (exact) mass is 244 g/mol. The summed E-state index contributed by atoms with van der Waals surface area (Å²) in [5.74, 6) is 0. The summed E-state index contributed by atoms with van der Waals surface area (Å²) in [6.07, 6.45) is 0.186. The molecule has 0 spiro atoms. The van der Waals surface area contributed by atoms with Crippen LogP contribution in [0.4, 0.5) is 0 Å². The van der Waals surface area contributed by atoms with Gasteiger partial charge in [-0.1, -0.05) is 0 Å². The van der Waals surface area contributed by atoms with E-state index in [1.165, 1.54) is 0 Å². The third kappa shape index (κ3) is 5.23. The topological polar surface area (TPSA) is 18.5 Å². The molecule has 0 aromatic heterocycles. The van der Waals surface area contributed by atoms with Crippen LogP contribution in [0.1, 0.15) is 27.7 Å². The van der Waals surface area contributed by atoms with Gasteiger partial charge in [-0.05, 0) is 34.2 Å². The van der Waals surface area contributed by atoms with Crippen LogP contribution in [-0.4, -0.2) is 25.2 Å². The maximum Gasteiger partial charge on any atom is 0.369 e. The number of rotatable bonds is 5. The molecule has 0 saturated heterocycles. The number of hydrogen-bond donors (Lipinski definition) is 0. The van der Waals surface area contributed by atoms with Gasteiger partial charge in [0.2, 0.25) is 0 Å². The molecule has 0 aromatic rings. The predicted molar refractivity (Wildman–Crippen MR) is 59.6 cm³/mol. The number of hydrogen-bond acceptors (Lipinski definition) is 2. The fraction of sp³-hybridized carbons (Fsp3) is 1.00. The van der Waals surface area contributed by atoms with Crippen molar-refractivity contribution in [2.45, 2.75) is 50.9 Å². The summed E-state index contributed by atoms with van der Waals surface area (Å²) in [5, 5.41) is 0. The minimum Gasteiger partial charge on any atom is -0.390 e. The fourth-order valence-corrected chi connectivity index (χ4v) is 3.82. The first-order chi connectivity index (χ1) is 5.78. The van der Waals surface area contributed by atoms with E-state index in [0.717, 1.165) is 0 Å². The zero-order valence-corrected chi connectivity index (χ0v) is 11.3. The Labute approximate surface area is 91.8 Å². The molecule has 0 aromatic carbocycles. The standard InChI is InChI=1S/C8H18Cl2O2Si/c1-6(2)11-13(5,8(9)10)12-7(3)4/h6-8H,1-5H3. The molecule has 0 fully saturated rings. The quantitative estimate of drug-likeness (QED) is 0.546. The van der Waals surface area contributed by atoms with Gasteiger partial charge in [-0.25, -0.2) is 0 Å². The molecule has 0 N–H and O–H groups in total. The van der Waals surface area contributed by atoms with E-state index >= 15 is 0 Å². The van der Waals surface area contributed by atoms with Crippen LogP contribution in [0.2, 0.25) is 6.55 Å². The smallest absolute Gasteiger partial charge is 0.369 e. The molecule has 0 aliphatic carbocycles. The van der Waals surface area contributed by atoms with Crippen molar-refractivity contribution in [3.8, 4) is 0 Å². The summed E-state index contributed by atoms with van der Waals surface area (Å²) >= 11 is 11.7. The largest absolute Gasteiger partial charge is 0.390 e. The van der Waals surface area contributed by atoms with Crippen LogP contribution >= 0.6 is 23.2 Å². The minimum absolute atomic E-state index is 0.0930. The zero-order valence-electron chi connectivity index (χ0n) is 8.80. The van der Waals surface area contributed by atoms with Gasteiger partial charge >= 0.3 is 8.56 Å². The lowest BCUT2D eigenvalue weighted by Gasteiger charge is -2.31. The maximum atomic E-state index is 5.85. The van der Waals surface area contributed by atoms with Crippen LogP contribution in [0.5, 0.6) is 0 Å². The van der Waals surface area contributed by atoms with Crippen LogP contribution in [0.15, 0.2) is 0 Å². The van der Waals surface area contributed by atoms with E-state index in [0.29, 0.717) is 0 Å². The average molecular weight is 245 g/mol. The highest BCUT2D eigenvalue weighted by atomic mass is 35.5. The molecule has 0 heterocycles. The molecule has 0 rings (SSSR count). The van der Waals surface area contributed by atoms with E-state index < -0.39 is 13.0 Å². The molecule has 0 amide bonds. The second-order valence-corrected chi connectivity index (χ2v) is 8.56. The van der Waals surface area contributed by atoms with Crippen molar-refractivity contribution in [2.75, 3.05) is 0 Å². The molecule has 0 radical (unpaired) electrons. The highest BCUT2D eigenvalue weighted by molar-refractivity contribution is 6.84. The highest BCUT2D eigenvalue weighted by Crippen LogP contribution is 2.24. The third-order valence-electron chi connectivity index (χ3n) is 1.34. The third-order valence-corrected chi connectivity index (χ3v) is 6.39. The van der Waals surface area contributed by atoms with Crippen molar-refractivity contribution in [1.29, 1.82) is 0 Å². The number of halogens is 2. The molecule has 5 heteroatoms. The lowest BCUT2D eigenvalue weighted by molar-refractivity contribution is 0.111. The Kier molecular flexibility index (Phi) is 5.87. The predicted octanol–water partition coefficient (Wildman–Crippen LogP) is 3.25. The van der Waals surface area contributed by atoms with Crippen molar-refractivity contribution in [1.82, 2.24) is 0 Å². The second kappa shape index (κ2) is 5.56. The van der Waals surface area contributed by atoms with E-state index in [4.69, 9.17) is 32.1 Å². The van der Waals surface area contributed by atoms with E-state index in [1.54, 1.807) is 0 Å². The summed E-state index contributed by atoms with van der Waals surface area (Å²) in [4.78, 5) is 0. The van der Waals surface area contributed by atoms with Gasteiger partial charge in [-0.2, -0.15) is 0 Å². The molecule has 13 heavy (non-hydrogen) atoms. The summed E-state index contributed by atoms with van der Waals surface area (Å²) in [7, 11) is -2.42. The lowest BCUT2D eigenvalue weighted by atomic mass is 10.5. The van der Waals surface area contributed by atoms with Crippen LogP contribution in [0, 0.1) is 0 Å². The van der Waals surface area contributed by atoms with Gasteiger partial charge in [0.25, 0.3) is 0 Å². The van der Waals surface area contributed by atoms with Crippen molar-refractivity contribution in [2.24, 2.45) is 0 Å². The van der Waals surface area contributed by atoms with Crippen molar-refractivity contribution < 1.29 is 8.85 Å². The Morgan fingerprint density at radius 3 is 1.38 bits per heavy atom. The molecule has 0 saturated carbocycles. The molecular formula is C8H18Cl2O2Si. The first kappa shape index (κ1) is 13.7. The van der Waals surface area contributed by atoms with Crippen LogP contribution in [-0.2, 0) is 8.85 Å². The Hall–Kier alpha value is 0.717. The van der Waals surface area contributed by atoms with Crippen LogP contribution in [0.25, 0.3) is 0 Å². The van der Waals surface area contributed by atoms with Crippen LogP contribution < -0.4 is 0 Å². The van der Waals surface area contributed by atoms with Gasteiger partial charge in [0.05, 0.1) is 0 Å². The Morgan fingerprint density at radius 1 is 0.923 bits per heavy atom. The van der Waals surface area contributed by atoms with Gasteiger partial charge in [0, 0.05) is 12.2 Å². The van der Waals surface area contributed by atoms with Gasteiger partial charge in [-0.3, -0.25) is 0 Å². The first-order valence-corrected chi connectivity index (χ1v) is 7.68. The Bertz CT molecular complexity index is 141. The van der Waals surface area contributed by atoms with Crippen molar-refractivity contribution in [3.63, 3.8) is 0 Å². The number of alkyl halides is 2. The second-order valence-electron chi connectivity index (χ2n) is 3.65. The molecule has 0 unspecified atom stereocenters. The van der Waals surface area contributed by atoms with E-state index in [-0.39, 0.29) is 12.2 Å². The summed E-state index contributed by atoms with van der Waals surface area (Å²) < 4.78 is 10.8. The van der Waals surface area contributed by atoms with Gasteiger partial charge in [-0.15, -0.1) is 23.2 Å². The molecule has 0 atom stereocenters. The van der Waals surface area contributed by atoms with E-state index in [1.807, 2.05) is 34.2 Å². The Morgan fingerprint density at radius 2 is 1.23 bits per heavy atom. The normalized spacial score (nSPS) is 13.4. The van der Waals surface area contributed by atoms with E-state index in [2.05, 4.69) is 0 Å². The Balaban J connectivity index is 4.34. The summed E-state index contributed by atoms with van der Waals surface area (Å²) in [5.41, 5.74) is 0. The molecule has 2 nitrogen and oxygen atoms in total.